The van der Waals surface area contributed by atoms with Gasteiger partial charge in [0.15, 0.2) is 5.13 Å². The number of aromatic nitrogens is 1. The van der Waals surface area contributed by atoms with Crippen LogP contribution in [0.1, 0.15) is 24.8 Å². The van der Waals surface area contributed by atoms with E-state index in [2.05, 4.69) is 32.1 Å². The second-order valence-electron chi connectivity index (χ2n) is 9.46. The standard InChI is InChI=1S/C25H28ClFN4O3S2/c1-34-19-5-3-17(4-6-19)11-18-14-25(7-2-9-31(25)15-18)16-29-22-13-21(27)23(12-20(22)26)36(32,33)30-24-28-8-10-35-24/h3-6,8,10,12-13,18,29H,2,7,9,11,14-16H2,1H3,(H,28,30)/t18-,25-/m1/s1. The molecule has 0 saturated carbocycles. The lowest BCUT2D eigenvalue weighted by molar-refractivity contribution is 0.209. The van der Waals surface area contributed by atoms with Crippen molar-refractivity contribution in [3.8, 4) is 5.75 Å². The van der Waals surface area contributed by atoms with Crippen LogP contribution < -0.4 is 14.8 Å². The zero-order valence-corrected chi connectivity index (χ0v) is 22.2. The largest absolute Gasteiger partial charge is 0.497 e. The van der Waals surface area contributed by atoms with Gasteiger partial charge in [0.05, 0.1) is 17.8 Å². The zero-order valence-electron chi connectivity index (χ0n) is 19.8. The number of nitrogens with one attached hydrogen (secondary N) is 2. The van der Waals surface area contributed by atoms with E-state index in [9.17, 15) is 12.8 Å². The first-order chi connectivity index (χ1) is 17.3. The van der Waals surface area contributed by atoms with Gasteiger partial charge in [0.1, 0.15) is 16.5 Å². The van der Waals surface area contributed by atoms with E-state index < -0.39 is 20.7 Å². The van der Waals surface area contributed by atoms with Crippen LogP contribution in [-0.2, 0) is 16.4 Å². The Morgan fingerprint density at radius 3 is 2.83 bits per heavy atom. The summed E-state index contributed by atoms with van der Waals surface area (Å²) >= 11 is 7.53. The summed E-state index contributed by atoms with van der Waals surface area (Å²) < 4.78 is 47.8. The number of thiazole rings is 1. The summed E-state index contributed by atoms with van der Waals surface area (Å²) in [5.41, 5.74) is 1.66. The molecule has 0 bridgehead atoms. The van der Waals surface area contributed by atoms with Gasteiger partial charge in [0.2, 0.25) is 0 Å². The van der Waals surface area contributed by atoms with Crippen molar-refractivity contribution in [3.05, 3.63) is 64.4 Å². The van der Waals surface area contributed by atoms with Crippen LogP contribution in [-0.4, -0.2) is 50.6 Å². The van der Waals surface area contributed by atoms with Crippen molar-refractivity contribution in [3.63, 3.8) is 0 Å². The zero-order chi connectivity index (χ0) is 25.3. The number of fused-ring (bicyclic) bond motifs is 1. The Labute approximate surface area is 219 Å². The molecule has 0 unspecified atom stereocenters. The van der Waals surface area contributed by atoms with Crippen LogP contribution in [0.2, 0.25) is 5.02 Å². The molecule has 2 N–H and O–H groups in total. The highest BCUT2D eigenvalue weighted by molar-refractivity contribution is 7.93. The fourth-order valence-electron chi connectivity index (χ4n) is 5.50. The van der Waals surface area contributed by atoms with Crippen LogP contribution >= 0.6 is 22.9 Å². The first kappa shape index (κ1) is 25.3. The molecule has 2 aromatic carbocycles. The maximum absolute atomic E-state index is 14.9. The van der Waals surface area contributed by atoms with Gasteiger partial charge in [-0.2, -0.15) is 0 Å². The van der Waals surface area contributed by atoms with Gasteiger partial charge >= 0.3 is 0 Å². The second kappa shape index (κ2) is 10.2. The fourth-order valence-corrected chi connectivity index (χ4v) is 7.67. The molecule has 3 aromatic rings. The van der Waals surface area contributed by atoms with Crippen molar-refractivity contribution in [2.24, 2.45) is 5.92 Å². The van der Waals surface area contributed by atoms with Crippen molar-refractivity contribution in [2.75, 3.05) is 36.8 Å². The Hall–Kier alpha value is -2.40. The van der Waals surface area contributed by atoms with Gasteiger partial charge in [-0.25, -0.2) is 17.8 Å². The molecule has 11 heteroatoms. The van der Waals surface area contributed by atoms with Crippen LogP contribution in [0, 0.1) is 11.7 Å². The van der Waals surface area contributed by atoms with Gasteiger partial charge in [-0.3, -0.25) is 9.62 Å². The van der Waals surface area contributed by atoms with E-state index in [-0.39, 0.29) is 15.7 Å². The molecule has 192 valence electrons. The Balaban J connectivity index is 1.27. The molecule has 2 aliphatic heterocycles. The van der Waals surface area contributed by atoms with E-state index in [4.69, 9.17) is 16.3 Å². The number of halogens is 2. The number of ether oxygens (including phenoxy) is 1. The molecular weight excluding hydrogens is 523 g/mol. The lowest BCUT2D eigenvalue weighted by Crippen LogP contribution is -2.44. The molecule has 2 atom stereocenters. The number of anilines is 2. The predicted molar refractivity (Wildman–Crippen MR) is 141 cm³/mol. The number of methoxy groups -OCH3 is 1. The van der Waals surface area contributed by atoms with Gasteiger partial charge in [-0.1, -0.05) is 23.7 Å². The highest BCUT2D eigenvalue weighted by Gasteiger charge is 2.48. The number of nitrogens with zero attached hydrogens (tertiary/aromatic N) is 2. The van der Waals surface area contributed by atoms with Crippen LogP contribution in [0.15, 0.2) is 52.9 Å². The molecule has 1 aromatic heterocycles. The molecular formula is C25H28ClFN4O3S2. The summed E-state index contributed by atoms with van der Waals surface area (Å²) in [6, 6.07) is 10.5. The maximum Gasteiger partial charge on any atom is 0.266 e. The second-order valence-corrected chi connectivity index (χ2v) is 12.4. The van der Waals surface area contributed by atoms with Crippen LogP contribution in [0.3, 0.4) is 0 Å². The molecule has 2 aliphatic rings. The third-order valence-electron chi connectivity index (χ3n) is 7.14. The van der Waals surface area contributed by atoms with E-state index in [0.29, 0.717) is 18.2 Å². The Bertz CT molecular complexity index is 1320. The normalized spacial score (nSPS) is 21.9. The lowest BCUT2D eigenvalue weighted by atomic mass is 9.87. The van der Waals surface area contributed by atoms with E-state index in [1.807, 2.05) is 12.1 Å². The lowest BCUT2D eigenvalue weighted by Gasteiger charge is -2.32. The Kier molecular flexibility index (Phi) is 7.13. The number of rotatable bonds is 9. The molecule has 2 saturated heterocycles. The number of hydrogen-bond acceptors (Lipinski definition) is 7. The number of hydrogen-bond donors (Lipinski definition) is 2. The van der Waals surface area contributed by atoms with Crippen molar-refractivity contribution in [1.29, 1.82) is 0 Å². The molecule has 2 fully saturated rings. The number of benzene rings is 2. The summed E-state index contributed by atoms with van der Waals surface area (Å²) in [4.78, 5) is 5.92. The van der Waals surface area contributed by atoms with E-state index >= 15 is 0 Å². The average molecular weight is 551 g/mol. The molecule has 0 aliphatic carbocycles. The summed E-state index contributed by atoms with van der Waals surface area (Å²) in [6.07, 6.45) is 5.68. The summed E-state index contributed by atoms with van der Waals surface area (Å²) in [5, 5.41) is 5.28. The molecule has 0 amide bonds. The van der Waals surface area contributed by atoms with Gasteiger partial charge in [-0.15, -0.1) is 11.3 Å². The minimum absolute atomic E-state index is 0.0198. The monoisotopic (exact) mass is 550 g/mol. The van der Waals surface area contributed by atoms with Crippen LogP contribution in [0.4, 0.5) is 15.2 Å². The summed E-state index contributed by atoms with van der Waals surface area (Å²) in [7, 11) is -2.48. The van der Waals surface area contributed by atoms with Crippen molar-refractivity contribution in [2.45, 2.75) is 36.1 Å². The quantitative estimate of drug-likeness (QED) is 0.378. The van der Waals surface area contributed by atoms with Crippen LogP contribution in [0.5, 0.6) is 5.75 Å². The SMILES string of the molecule is COc1ccc(C[C@H]2CN3CCC[C@]3(CNc3cc(F)c(S(=O)(=O)Nc4nccs4)cc3Cl)C2)cc1. The Morgan fingerprint density at radius 2 is 2.11 bits per heavy atom. The van der Waals surface area contributed by atoms with E-state index in [1.165, 1.54) is 17.8 Å². The van der Waals surface area contributed by atoms with Gasteiger partial charge in [-0.05, 0) is 68.0 Å². The predicted octanol–water partition coefficient (Wildman–Crippen LogP) is 5.25. The van der Waals surface area contributed by atoms with Crippen LogP contribution in [0.25, 0.3) is 0 Å². The topological polar surface area (TPSA) is 83.6 Å². The van der Waals surface area contributed by atoms with E-state index in [1.54, 1.807) is 12.5 Å². The third-order valence-corrected chi connectivity index (χ3v) is 9.63. The molecule has 5 rings (SSSR count). The average Bonchev–Trinajstić information content (AvgIpc) is 3.56. The molecule has 0 spiro atoms. The Morgan fingerprint density at radius 1 is 1.31 bits per heavy atom. The maximum atomic E-state index is 14.9. The van der Waals surface area contributed by atoms with Gasteiger partial charge in [0.25, 0.3) is 10.0 Å². The smallest absolute Gasteiger partial charge is 0.266 e. The molecule has 3 heterocycles. The summed E-state index contributed by atoms with van der Waals surface area (Å²) in [6.45, 7) is 2.69. The highest BCUT2D eigenvalue weighted by atomic mass is 35.5. The minimum Gasteiger partial charge on any atom is -0.497 e. The number of sulfonamides is 1. The first-order valence-corrected chi connectivity index (χ1v) is 14.6. The van der Waals surface area contributed by atoms with Crippen molar-refractivity contribution >= 4 is 43.8 Å². The van der Waals surface area contributed by atoms with Gasteiger partial charge in [0, 0.05) is 30.2 Å². The summed E-state index contributed by atoms with van der Waals surface area (Å²) in [5.74, 6) is 0.515. The fraction of sp³-hybridized carbons (Fsp3) is 0.400. The molecule has 7 nitrogen and oxygen atoms in total. The van der Waals surface area contributed by atoms with Crippen molar-refractivity contribution < 1.29 is 17.5 Å². The molecule has 0 radical (unpaired) electrons. The van der Waals surface area contributed by atoms with E-state index in [0.717, 1.165) is 61.9 Å². The van der Waals surface area contributed by atoms with Crippen molar-refractivity contribution in [1.82, 2.24) is 9.88 Å². The minimum atomic E-state index is -4.15. The highest BCUT2D eigenvalue weighted by Crippen LogP contribution is 2.43. The first-order valence-electron chi connectivity index (χ1n) is 11.8. The van der Waals surface area contributed by atoms with Gasteiger partial charge < -0.3 is 10.1 Å². The molecule has 36 heavy (non-hydrogen) atoms. The third kappa shape index (κ3) is 5.18.